The van der Waals surface area contributed by atoms with Gasteiger partial charge in [0.15, 0.2) is 0 Å². The van der Waals surface area contributed by atoms with Crippen molar-refractivity contribution in [1.82, 2.24) is 9.97 Å². The van der Waals surface area contributed by atoms with Crippen LogP contribution in [0.1, 0.15) is 6.92 Å². The van der Waals surface area contributed by atoms with Gasteiger partial charge in [-0.3, -0.25) is 0 Å². The summed E-state index contributed by atoms with van der Waals surface area (Å²) >= 11 is 0. The van der Waals surface area contributed by atoms with Crippen LogP contribution in [-0.4, -0.2) is 23.6 Å². The van der Waals surface area contributed by atoms with E-state index in [9.17, 15) is 4.39 Å². The summed E-state index contributed by atoms with van der Waals surface area (Å²) in [7, 11) is 1.88. The van der Waals surface area contributed by atoms with Crippen LogP contribution in [-0.2, 0) is 0 Å². The normalized spacial score (nSPS) is 10.2. The van der Waals surface area contributed by atoms with Gasteiger partial charge < -0.3 is 9.64 Å². The molecule has 0 saturated heterocycles. The Morgan fingerprint density at radius 1 is 1.30 bits per heavy atom. The zero-order valence-corrected chi connectivity index (χ0v) is 11.5. The van der Waals surface area contributed by atoms with Crippen molar-refractivity contribution >= 4 is 5.95 Å². The van der Waals surface area contributed by atoms with Gasteiger partial charge in [-0.2, -0.15) is 4.98 Å². The van der Waals surface area contributed by atoms with Crippen molar-refractivity contribution in [1.29, 1.82) is 0 Å². The highest BCUT2D eigenvalue weighted by molar-refractivity contribution is 5.34. The van der Waals surface area contributed by atoms with Gasteiger partial charge in [-0.15, -0.1) is 0 Å². The van der Waals surface area contributed by atoms with Crippen LogP contribution in [0.25, 0.3) is 0 Å². The summed E-state index contributed by atoms with van der Waals surface area (Å²) in [6.45, 7) is 6.46. The minimum atomic E-state index is -0.304. The van der Waals surface area contributed by atoms with Crippen LogP contribution < -0.4 is 9.64 Å². The molecule has 0 aliphatic rings. The first-order chi connectivity index (χ1) is 9.54. The number of rotatable bonds is 5. The monoisotopic (exact) mass is 273 g/mol. The molecule has 0 aliphatic carbocycles. The molecule has 0 saturated carbocycles. The molecule has 0 amide bonds. The van der Waals surface area contributed by atoms with Gasteiger partial charge in [0.05, 0.1) is 0 Å². The molecule has 5 heteroatoms. The molecule has 0 fully saturated rings. The van der Waals surface area contributed by atoms with Crippen molar-refractivity contribution < 1.29 is 9.13 Å². The molecule has 0 N–H and O–H groups in total. The number of halogens is 1. The summed E-state index contributed by atoms with van der Waals surface area (Å²) in [6.07, 6.45) is 1.62. The molecule has 0 spiro atoms. The highest BCUT2D eigenvalue weighted by atomic mass is 19.1. The number of anilines is 1. The molecule has 2 rings (SSSR count). The number of nitrogens with zero attached hydrogens (tertiary/aromatic N) is 3. The van der Waals surface area contributed by atoms with E-state index in [1.54, 1.807) is 24.4 Å². The molecule has 4 nitrogen and oxygen atoms in total. The number of ether oxygens (including phenoxy) is 1. The maximum atomic E-state index is 12.8. The fourth-order valence-corrected chi connectivity index (χ4v) is 1.67. The first-order valence-electron chi connectivity index (χ1n) is 6.16. The molecule has 20 heavy (non-hydrogen) atoms. The molecule has 0 bridgehead atoms. The number of hydrogen-bond acceptors (Lipinski definition) is 4. The van der Waals surface area contributed by atoms with E-state index in [2.05, 4.69) is 16.5 Å². The van der Waals surface area contributed by atoms with Gasteiger partial charge in [0, 0.05) is 25.9 Å². The van der Waals surface area contributed by atoms with Crippen LogP contribution in [0, 0.1) is 5.82 Å². The molecule has 1 aromatic carbocycles. The van der Waals surface area contributed by atoms with Gasteiger partial charge in [0.2, 0.25) is 11.8 Å². The van der Waals surface area contributed by atoms with E-state index in [0.29, 0.717) is 24.1 Å². The third-order valence-electron chi connectivity index (χ3n) is 2.50. The quantitative estimate of drug-likeness (QED) is 0.782. The van der Waals surface area contributed by atoms with Crippen LogP contribution in [0.2, 0.25) is 0 Å². The Hall–Kier alpha value is -2.43. The number of benzene rings is 1. The van der Waals surface area contributed by atoms with E-state index in [1.165, 1.54) is 12.1 Å². The topological polar surface area (TPSA) is 38.2 Å². The van der Waals surface area contributed by atoms with E-state index in [1.807, 2.05) is 18.9 Å². The van der Waals surface area contributed by atoms with Crippen LogP contribution in [0.3, 0.4) is 0 Å². The molecule has 0 aliphatic heterocycles. The zero-order chi connectivity index (χ0) is 14.5. The summed E-state index contributed by atoms with van der Waals surface area (Å²) in [5.41, 5.74) is 1.01. The van der Waals surface area contributed by atoms with Crippen LogP contribution in [0.5, 0.6) is 11.6 Å². The Bertz CT molecular complexity index is 598. The standard InChI is InChI=1S/C15H16FN3O/c1-11(2)10-19(3)15-17-9-8-14(18-15)20-13-6-4-12(16)5-7-13/h4-9H,1,10H2,2-3H3. The lowest BCUT2D eigenvalue weighted by Gasteiger charge is -2.17. The van der Waals surface area contributed by atoms with Crippen LogP contribution >= 0.6 is 0 Å². The van der Waals surface area contributed by atoms with E-state index >= 15 is 0 Å². The minimum absolute atomic E-state index is 0.304. The summed E-state index contributed by atoms with van der Waals surface area (Å²) < 4.78 is 18.4. The van der Waals surface area contributed by atoms with Gasteiger partial charge >= 0.3 is 0 Å². The highest BCUT2D eigenvalue weighted by Gasteiger charge is 2.06. The van der Waals surface area contributed by atoms with E-state index in [0.717, 1.165) is 5.57 Å². The molecule has 104 valence electrons. The largest absolute Gasteiger partial charge is 0.439 e. The van der Waals surface area contributed by atoms with Crippen molar-refractivity contribution in [2.75, 3.05) is 18.5 Å². The predicted molar refractivity (Wildman–Crippen MR) is 76.6 cm³/mol. The first-order valence-corrected chi connectivity index (χ1v) is 6.16. The predicted octanol–water partition coefficient (Wildman–Crippen LogP) is 3.42. The van der Waals surface area contributed by atoms with Crippen molar-refractivity contribution in [3.8, 4) is 11.6 Å². The molecule has 1 aromatic heterocycles. The van der Waals surface area contributed by atoms with Crippen molar-refractivity contribution in [3.63, 3.8) is 0 Å². The Balaban J connectivity index is 2.13. The van der Waals surface area contributed by atoms with E-state index in [-0.39, 0.29) is 5.82 Å². The maximum Gasteiger partial charge on any atom is 0.228 e. The molecular weight excluding hydrogens is 257 g/mol. The summed E-state index contributed by atoms with van der Waals surface area (Å²) in [5.74, 6) is 1.18. The summed E-state index contributed by atoms with van der Waals surface area (Å²) in [6, 6.07) is 7.43. The second-order valence-electron chi connectivity index (χ2n) is 4.56. The van der Waals surface area contributed by atoms with Gasteiger partial charge in [0.25, 0.3) is 0 Å². The second-order valence-corrected chi connectivity index (χ2v) is 4.56. The van der Waals surface area contributed by atoms with Gasteiger partial charge in [-0.25, -0.2) is 9.37 Å². The van der Waals surface area contributed by atoms with Crippen LogP contribution in [0.15, 0.2) is 48.7 Å². The second kappa shape index (κ2) is 6.14. The Morgan fingerprint density at radius 2 is 2.00 bits per heavy atom. The zero-order valence-electron chi connectivity index (χ0n) is 11.5. The van der Waals surface area contributed by atoms with E-state index in [4.69, 9.17) is 4.74 Å². The SMILES string of the molecule is C=C(C)CN(C)c1nccc(Oc2ccc(F)cc2)n1. The lowest BCUT2D eigenvalue weighted by molar-refractivity contribution is 0.460. The molecule has 0 atom stereocenters. The first kappa shape index (κ1) is 14.0. The fraction of sp³-hybridized carbons (Fsp3) is 0.200. The van der Waals surface area contributed by atoms with E-state index < -0.39 is 0 Å². The lowest BCUT2D eigenvalue weighted by Crippen LogP contribution is -2.21. The Labute approximate surface area is 117 Å². The summed E-state index contributed by atoms with van der Waals surface area (Å²) in [4.78, 5) is 10.4. The van der Waals surface area contributed by atoms with Crippen molar-refractivity contribution in [3.05, 3.63) is 54.5 Å². The van der Waals surface area contributed by atoms with Crippen LogP contribution in [0.4, 0.5) is 10.3 Å². The maximum absolute atomic E-state index is 12.8. The average Bonchev–Trinajstić information content (AvgIpc) is 2.41. The third kappa shape index (κ3) is 3.78. The average molecular weight is 273 g/mol. The van der Waals surface area contributed by atoms with Gasteiger partial charge in [-0.1, -0.05) is 12.2 Å². The third-order valence-corrected chi connectivity index (χ3v) is 2.50. The number of likely N-dealkylation sites (N-methyl/N-ethyl adjacent to an activating group) is 1. The highest BCUT2D eigenvalue weighted by Crippen LogP contribution is 2.20. The van der Waals surface area contributed by atoms with Crippen molar-refractivity contribution in [2.45, 2.75) is 6.92 Å². The number of hydrogen-bond donors (Lipinski definition) is 0. The molecule has 0 radical (unpaired) electrons. The minimum Gasteiger partial charge on any atom is -0.439 e. The lowest BCUT2D eigenvalue weighted by atomic mass is 10.3. The molecule has 2 aromatic rings. The fourth-order valence-electron chi connectivity index (χ4n) is 1.67. The summed E-state index contributed by atoms with van der Waals surface area (Å²) in [5, 5.41) is 0. The molecule has 0 unspecified atom stereocenters. The van der Waals surface area contributed by atoms with Gasteiger partial charge in [-0.05, 0) is 31.2 Å². The molecular formula is C15H16FN3O. The Kier molecular flexibility index (Phi) is 4.30. The van der Waals surface area contributed by atoms with Gasteiger partial charge in [0.1, 0.15) is 11.6 Å². The molecule has 1 heterocycles. The Morgan fingerprint density at radius 3 is 2.65 bits per heavy atom. The smallest absolute Gasteiger partial charge is 0.228 e. The number of aromatic nitrogens is 2. The van der Waals surface area contributed by atoms with Crippen molar-refractivity contribution in [2.24, 2.45) is 0 Å².